The smallest absolute Gasteiger partial charge is 0.0108 e. The molecule has 0 atom stereocenters. The molecule has 0 bridgehead atoms. The van der Waals surface area contributed by atoms with Crippen LogP contribution in [0.5, 0.6) is 0 Å². The summed E-state index contributed by atoms with van der Waals surface area (Å²) >= 11 is 0. The van der Waals surface area contributed by atoms with Gasteiger partial charge in [-0.3, -0.25) is 4.90 Å². The number of nitrogens with zero attached hydrogens (tertiary/aromatic N) is 1. The minimum Gasteiger partial charge on any atom is -0.329 e. The van der Waals surface area contributed by atoms with Crippen LogP contribution in [0.4, 0.5) is 0 Å². The Kier molecular flexibility index (Phi) is 8.20. The van der Waals surface area contributed by atoms with Gasteiger partial charge in [0.1, 0.15) is 0 Å². The minimum absolute atomic E-state index is 0.734. The van der Waals surface area contributed by atoms with E-state index in [-0.39, 0.29) is 0 Å². The number of hydrogen-bond acceptors (Lipinski definition) is 2. The fourth-order valence-electron chi connectivity index (χ4n) is 1.87. The van der Waals surface area contributed by atoms with E-state index in [0.29, 0.717) is 0 Å². The van der Waals surface area contributed by atoms with Crippen LogP contribution in [-0.2, 0) is 0 Å². The average molecular weight is 200 g/mol. The van der Waals surface area contributed by atoms with Crippen LogP contribution < -0.4 is 5.73 Å². The lowest BCUT2D eigenvalue weighted by atomic mass is 10.1. The van der Waals surface area contributed by atoms with Crippen molar-refractivity contribution in [3.05, 3.63) is 0 Å². The molecule has 14 heavy (non-hydrogen) atoms. The van der Waals surface area contributed by atoms with Crippen LogP contribution in [0.3, 0.4) is 0 Å². The molecule has 0 spiro atoms. The first-order valence-electron chi connectivity index (χ1n) is 6.09. The lowest BCUT2D eigenvalue weighted by Gasteiger charge is -2.30. The van der Waals surface area contributed by atoms with Gasteiger partial charge in [0, 0.05) is 19.1 Å². The van der Waals surface area contributed by atoms with Crippen molar-refractivity contribution in [3.63, 3.8) is 0 Å². The van der Waals surface area contributed by atoms with E-state index >= 15 is 0 Å². The number of rotatable bonds is 8. The third-order valence-electron chi connectivity index (χ3n) is 2.87. The predicted octanol–water partition coefficient (Wildman–Crippen LogP) is 2.48. The van der Waals surface area contributed by atoms with Crippen molar-refractivity contribution in [2.45, 2.75) is 53.0 Å². The summed E-state index contributed by atoms with van der Waals surface area (Å²) < 4.78 is 0. The molecule has 86 valence electrons. The van der Waals surface area contributed by atoms with Crippen molar-refractivity contribution >= 4 is 0 Å². The van der Waals surface area contributed by atoms with Gasteiger partial charge in [-0.15, -0.1) is 0 Å². The van der Waals surface area contributed by atoms with Crippen molar-refractivity contribution in [2.24, 2.45) is 11.7 Å². The van der Waals surface area contributed by atoms with Crippen LogP contribution in [-0.4, -0.2) is 30.6 Å². The summed E-state index contributed by atoms with van der Waals surface area (Å²) in [4.78, 5) is 2.56. The molecule has 0 aliphatic heterocycles. The number of nitrogens with two attached hydrogens (primary N) is 1. The summed E-state index contributed by atoms with van der Waals surface area (Å²) in [7, 11) is 0. The van der Waals surface area contributed by atoms with Gasteiger partial charge in [-0.25, -0.2) is 0 Å². The molecule has 0 saturated heterocycles. The highest BCUT2D eigenvalue weighted by atomic mass is 15.2. The first kappa shape index (κ1) is 13.9. The fourth-order valence-corrected chi connectivity index (χ4v) is 1.87. The normalized spacial score (nSPS) is 12.0. The Morgan fingerprint density at radius 3 is 2.00 bits per heavy atom. The van der Waals surface area contributed by atoms with Gasteiger partial charge >= 0.3 is 0 Å². The van der Waals surface area contributed by atoms with Crippen molar-refractivity contribution in [3.8, 4) is 0 Å². The van der Waals surface area contributed by atoms with Crippen molar-refractivity contribution in [2.75, 3.05) is 19.6 Å². The third kappa shape index (κ3) is 5.61. The fraction of sp³-hybridized carbons (Fsp3) is 1.00. The minimum atomic E-state index is 0.734. The Labute approximate surface area is 89.9 Å². The summed E-state index contributed by atoms with van der Waals surface area (Å²) in [6.45, 7) is 12.2. The van der Waals surface area contributed by atoms with Crippen molar-refractivity contribution < 1.29 is 0 Å². The van der Waals surface area contributed by atoms with Gasteiger partial charge in [-0.1, -0.05) is 27.7 Å². The first-order valence-corrected chi connectivity index (χ1v) is 6.09. The molecule has 0 aromatic heterocycles. The molecule has 0 fully saturated rings. The lowest BCUT2D eigenvalue weighted by Crippen LogP contribution is -2.39. The average Bonchev–Trinajstić information content (AvgIpc) is 2.15. The lowest BCUT2D eigenvalue weighted by molar-refractivity contribution is 0.181. The molecule has 0 unspecified atom stereocenters. The Morgan fingerprint density at radius 2 is 1.64 bits per heavy atom. The zero-order valence-corrected chi connectivity index (χ0v) is 10.4. The second-order valence-electron chi connectivity index (χ2n) is 4.48. The molecule has 0 aliphatic rings. The van der Waals surface area contributed by atoms with E-state index in [4.69, 9.17) is 5.73 Å². The molecule has 0 heterocycles. The zero-order valence-electron chi connectivity index (χ0n) is 10.4. The SMILES string of the molecule is CCC(CC)N(CCN)CCC(C)C. The standard InChI is InChI=1S/C12H28N2/c1-5-12(6-2)14(10-8-13)9-7-11(3)4/h11-12H,5-10,13H2,1-4H3. The second kappa shape index (κ2) is 8.25. The molecular weight excluding hydrogens is 172 g/mol. The maximum absolute atomic E-state index is 5.64. The third-order valence-corrected chi connectivity index (χ3v) is 2.87. The molecule has 0 saturated carbocycles. The van der Waals surface area contributed by atoms with Crippen LogP contribution in [0.25, 0.3) is 0 Å². The Hall–Kier alpha value is -0.0800. The molecule has 0 radical (unpaired) electrons. The maximum atomic E-state index is 5.64. The van der Waals surface area contributed by atoms with Gasteiger partial charge < -0.3 is 5.73 Å². The van der Waals surface area contributed by atoms with Crippen LogP contribution in [0.15, 0.2) is 0 Å². The molecule has 0 aliphatic carbocycles. The summed E-state index contributed by atoms with van der Waals surface area (Å²) in [5.74, 6) is 0.796. The van der Waals surface area contributed by atoms with Gasteiger partial charge in [0.25, 0.3) is 0 Å². The van der Waals surface area contributed by atoms with E-state index in [1.54, 1.807) is 0 Å². The zero-order chi connectivity index (χ0) is 11.0. The Balaban J connectivity index is 3.98. The van der Waals surface area contributed by atoms with E-state index in [0.717, 1.165) is 25.0 Å². The Bertz CT molecular complexity index is 119. The predicted molar refractivity (Wildman–Crippen MR) is 64.5 cm³/mol. The largest absolute Gasteiger partial charge is 0.329 e. The van der Waals surface area contributed by atoms with Crippen molar-refractivity contribution in [1.82, 2.24) is 4.90 Å². The highest BCUT2D eigenvalue weighted by Gasteiger charge is 2.13. The summed E-state index contributed by atoms with van der Waals surface area (Å²) in [5, 5.41) is 0. The second-order valence-corrected chi connectivity index (χ2v) is 4.48. The molecule has 0 aromatic carbocycles. The van der Waals surface area contributed by atoms with Crippen LogP contribution >= 0.6 is 0 Å². The van der Waals surface area contributed by atoms with E-state index in [1.807, 2.05) is 0 Å². The summed E-state index contributed by atoms with van der Waals surface area (Å²) in [6.07, 6.45) is 3.78. The van der Waals surface area contributed by atoms with E-state index in [2.05, 4.69) is 32.6 Å². The summed E-state index contributed by atoms with van der Waals surface area (Å²) in [6, 6.07) is 0.734. The van der Waals surface area contributed by atoms with Gasteiger partial charge in [0.2, 0.25) is 0 Å². The Morgan fingerprint density at radius 1 is 1.07 bits per heavy atom. The van der Waals surface area contributed by atoms with Crippen LogP contribution in [0.2, 0.25) is 0 Å². The molecule has 2 N–H and O–H groups in total. The first-order chi connectivity index (χ1) is 6.65. The van der Waals surface area contributed by atoms with Gasteiger partial charge in [-0.05, 0) is 31.7 Å². The topological polar surface area (TPSA) is 29.3 Å². The quantitative estimate of drug-likeness (QED) is 0.652. The van der Waals surface area contributed by atoms with E-state index < -0.39 is 0 Å². The molecule has 2 nitrogen and oxygen atoms in total. The molecule has 0 amide bonds. The maximum Gasteiger partial charge on any atom is 0.0108 e. The summed E-state index contributed by atoms with van der Waals surface area (Å²) in [5.41, 5.74) is 5.64. The van der Waals surface area contributed by atoms with Crippen molar-refractivity contribution in [1.29, 1.82) is 0 Å². The monoisotopic (exact) mass is 200 g/mol. The highest BCUT2D eigenvalue weighted by molar-refractivity contribution is 4.69. The van der Waals surface area contributed by atoms with E-state index in [1.165, 1.54) is 25.8 Å². The molecule has 0 rings (SSSR count). The molecule has 0 aromatic rings. The van der Waals surface area contributed by atoms with Gasteiger partial charge in [0.15, 0.2) is 0 Å². The highest BCUT2D eigenvalue weighted by Crippen LogP contribution is 2.10. The van der Waals surface area contributed by atoms with Gasteiger partial charge in [-0.2, -0.15) is 0 Å². The number of hydrogen-bond donors (Lipinski definition) is 1. The molecule has 2 heteroatoms. The van der Waals surface area contributed by atoms with Crippen LogP contribution in [0.1, 0.15) is 47.0 Å². The van der Waals surface area contributed by atoms with Crippen LogP contribution in [0, 0.1) is 5.92 Å². The molecular formula is C12H28N2. The van der Waals surface area contributed by atoms with E-state index in [9.17, 15) is 0 Å². The van der Waals surface area contributed by atoms with Gasteiger partial charge in [0.05, 0.1) is 0 Å².